The summed E-state index contributed by atoms with van der Waals surface area (Å²) < 4.78 is 5.31. The lowest BCUT2D eigenvalue weighted by Crippen LogP contribution is -2.49. The molecule has 1 aliphatic rings. The Morgan fingerprint density at radius 3 is 2.68 bits per heavy atom. The van der Waals surface area contributed by atoms with Gasteiger partial charge in [0.15, 0.2) is 6.61 Å². The highest BCUT2D eigenvalue weighted by molar-refractivity contribution is 6.02. The molecule has 7 heteroatoms. The van der Waals surface area contributed by atoms with Crippen LogP contribution in [0.15, 0.2) is 24.3 Å². The molecule has 0 atom stereocenters. The first-order valence-electron chi connectivity index (χ1n) is 6.93. The first-order valence-corrected chi connectivity index (χ1v) is 6.93. The molecule has 0 saturated carbocycles. The summed E-state index contributed by atoms with van der Waals surface area (Å²) in [7, 11) is 0. The zero-order valence-corrected chi connectivity index (χ0v) is 12.5. The fourth-order valence-corrected chi connectivity index (χ4v) is 2.26. The van der Waals surface area contributed by atoms with Crippen LogP contribution in [0.4, 0.5) is 5.69 Å². The first kappa shape index (κ1) is 15.8. The van der Waals surface area contributed by atoms with E-state index in [1.807, 2.05) is 0 Å². The lowest BCUT2D eigenvalue weighted by Gasteiger charge is -2.32. The summed E-state index contributed by atoms with van der Waals surface area (Å²) in [5.41, 5.74) is 0.520. The van der Waals surface area contributed by atoms with Crippen LogP contribution in [-0.4, -0.2) is 53.5 Å². The summed E-state index contributed by atoms with van der Waals surface area (Å²) in [5, 5.41) is 8.90. The van der Waals surface area contributed by atoms with Crippen LogP contribution in [-0.2, 0) is 14.4 Å². The molecule has 0 saturated heterocycles. The Hall–Kier alpha value is -2.57. The van der Waals surface area contributed by atoms with Gasteiger partial charge < -0.3 is 14.7 Å². The van der Waals surface area contributed by atoms with Crippen molar-refractivity contribution in [3.8, 4) is 5.75 Å². The van der Waals surface area contributed by atoms with Gasteiger partial charge in [-0.1, -0.05) is 12.1 Å². The second kappa shape index (κ2) is 6.46. The molecular weight excluding hydrogens is 288 g/mol. The minimum atomic E-state index is -1.09. The number of carboxylic acids is 1. The van der Waals surface area contributed by atoms with Gasteiger partial charge in [0.2, 0.25) is 5.91 Å². The molecule has 2 rings (SSSR count). The predicted molar refractivity (Wildman–Crippen MR) is 78.8 cm³/mol. The number of amides is 2. The topological polar surface area (TPSA) is 87.2 Å². The molecule has 0 unspecified atom stereocenters. The van der Waals surface area contributed by atoms with Crippen molar-refractivity contribution in [1.29, 1.82) is 0 Å². The molecule has 0 aliphatic carbocycles. The molecule has 0 bridgehead atoms. The second-order valence-corrected chi connectivity index (χ2v) is 5.25. The number of rotatable bonds is 5. The summed E-state index contributed by atoms with van der Waals surface area (Å²) in [5.74, 6) is -1.30. The van der Waals surface area contributed by atoms with Gasteiger partial charge in [-0.25, -0.2) is 0 Å². The second-order valence-electron chi connectivity index (χ2n) is 5.25. The maximum Gasteiger partial charge on any atom is 0.323 e. The van der Waals surface area contributed by atoms with E-state index in [0.29, 0.717) is 11.4 Å². The third-order valence-corrected chi connectivity index (χ3v) is 3.35. The van der Waals surface area contributed by atoms with Crippen molar-refractivity contribution in [1.82, 2.24) is 4.90 Å². The van der Waals surface area contributed by atoms with Crippen LogP contribution in [0, 0.1) is 0 Å². The first-order chi connectivity index (χ1) is 10.4. The molecule has 2 amide bonds. The van der Waals surface area contributed by atoms with E-state index in [0.717, 1.165) is 0 Å². The molecule has 1 N–H and O–H groups in total. The van der Waals surface area contributed by atoms with E-state index in [1.165, 1.54) is 9.80 Å². The zero-order chi connectivity index (χ0) is 16.3. The average molecular weight is 306 g/mol. The van der Waals surface area contributed by atoms with Crippen LogP contribution >= 0.6 is 0 Å². The van der Waals surface area contributed by atoms with E-state index in [4.69, 9.17) is 9.84 Å². The summed E-state index contributed by atoms with van der Waals surface area (Å²) in [6.45, 7) is 2.73. The molecule has 1 aliphatic heterocycles. The molecule has 0 spiro atoms. The number of nitrogens with zero attached hydrogens (tertiary/aromatic N) is 2. The van der Waals surface area contributed by atoms with Crippen molar-refractivity contribution in [2.45, 2.75) is 19.9 Å². The highest BCUT2D eigenvalue weighted by Crippen LogP contribution is 2.31. The number of carboxylic acid groups (broad SMARTS) is 1. The summed E-state index contributed by atoms with van der Waals surface area (Å²) >= 11 is 0. The Morgan fingerprint density at radius 2 is 2.05 bits per heavy atom. The quantitative estimate of drug-likeness (QED) is 0.866. The van der Waals surface area contributed by atoms with Crippen molar-refractivity contribution in [2.24, 2.45) is 0 Å². The van der Waals surface area contributed by atoms with Crippen molar-refractivity contribution in [2.75, 3.05) is 24.6 Å². The van der Waals surface area contributed by atoms with Gasteiger partial charge in [-0.3, -0.25) is 19.3 Å². The number of fused-ring (bicyclic) bond motifs is 1. The smallest absolute Gasteiger partial charge is 0.323 e. The van der Waals surface area contributed by atoms with Gasteiger partial charge in [-0.15, -0.1) is 0 Å². The van der Waals surface area contributed by atoms with E-state index >= 15 is 0 Å². The van der Waals surface area contributed by atoms with Gasteiger partial charge in [-0.05, 0) is 26.0 Å². The summed E-state index contributed by atoms with van der Waals surface area (Å²) in [6.07, 6.45) is 0. The molecule has 1 aromatic rings. The maximum absolute atomic E-state index is 12.4. The Bertz CT molecular complexity index is 599. The lowest BCUT2D eigenvalue weighted by atomic mass is 10.2. The van der Waals surface area contributed by atoms with Crippen LogP contribution in [0.25, 0.3) is 0 Å². The fraction of sp³-hybridized carbons (Fsp3) is 0.400. The third kappa shape index (κ3) is 3.36. The standard InChI is InChI=1S/C15H18N2O5/c1-10(2)16(8-15(20)21)13(18)7-17-11-5-3-4-6-12(11)22-9-14(17)19/h3-6,10H,7-9H2,1-2H3,(H,20,21). The number of ether oxygens (including phenoxy) is 1. The third-order valence-electron chi connectivity index (χ3n) is 3.35. The largest absolute Gasteiger partial charge is 0.482 e. The van der Waals surface area contributed by atoms with E-state index in [9.17, 15) is 14.4 Å². The molecule has 22 heavy (non-hydrogen) atoms. The number of carbonyl (C=O) groups is 3. The molecule has 1 aromatic carbocycles. The number of hydrogen-bond donors (Lipinski definition) is 1. The Labute approximate surface area is 128 Å². The average Bonchev–Trinajstić information content (AvgIpc) is 2.47. The predicted octanol–water partition coefficient (Wildman–Crippen LogP) is 0.734. The monoisotopic (exact) mass is 306 g/mol. The molecule has 0 radical (unpaired) electrons. The summed E-state index contributed by atoms with van der Waals surface area (Å²) in [4.78, 5) is 37.8. The van der Waals surface area contributed by atoms with Crippen molar-refractivity contribution in [3.05, 3.63) is 24.3 Å². The van der Waals surface area contributed by atoms with Gasteiger partial charge >= 0.3 is 5.97 Å². The van der Waals surface area contributed by atoms with Crippen LogP contribution in [0.5, 0.6) is 5.75 Å². The molecule has 118 valence electrons. The van der Waals surface area contributed by atoms with Gasteiger partial charge in [0, 0.05) is 6.04 Å². The number of hydrogen-bond acceptors (Lipinski definition) is 4. The van der Waals surface area contributed by atoms with Gasteiger partial charge in [0.05, 0.1) is 5.69 Å². The van der Waals surface area contributed by atoms with Crippen LogP contribution < -0.4 is 9.64 Å². The number of carbonyl (C=O) groups excluding carboxylic acids is 2. The normalized spacial score (nSPS) is 13.6. The lowest BCUT2D eigenvalue weighted by molar-refractivity contribution is -0.145. The summed E-state index contributed by atoms with van der Waals surface area (Å²) in [6, 6.07) is 6.66. The van der Waals surface area contributed by atoms with Crippen LogP contribution in [0.1, 0.15) is 13.8 Å². The highest BCUT2D eigenvalue weighted by Gasteiger charge is 2.29. The molecule has 0 aromatic heterocycles. The SMILES string of the molecule is CC(C)N(CC(=O)O)C(=O)CN1C(=O)COc2ccccc21. The minimum absolute atomic E-state index is 0.134. The Balaban J connectivity index is 2.20. The Kier molecular flexibility index (Phi) is 4.65. The molecular formula is C15H18N2O5. The van der Waals surface area contributed by atoms with Crippen LogP contribution in [0.2, 0.25) is 0 Å². The van der Waals surface area contributed by atoms with E-state index < -0.39 is 18.4 Å². The molecule has 7 nitrogen and oxygen atoms in total. The minimum Gasteiger partial charge on any atom is -0.482 e. The fourth-order valence-electron chi connectivity index (χ4n) is 2.26. The number of aliphatic carboxylic acids is 1. The van der Waals surface area contributed by atoms with E-state index in [-0.39, 0.29) is 25.1 Å². The number of benzene rings is 1. The maximum atomic E-state index is 12.4. The van der Waals surface area contributed by atoms with Crippen LogP contribution in [0.3, 0.4) is 0 Å². The molecule has 1 heterocycles. The van der Waals surface area contributed by atoms with Gasteiger partial charge in [0.25, 0.3) is 5.91 Å². The van der Waals surface area contributed by atoms with Gasteiger partial charge in [0.1, 0.15) is 18.8 Å². The van der Waals surface area contributed by atoms with Crippen molar-refractivity contribution >= 4 is 23.5 Å². The van der Waals surface area contributed by atoms with Crippen molar-refractivity contribution < 1.29 is 24.2 Å². The van der Waals surface area contributed by atoms with E-state index in [1.54, 1.807) is 38.1 Å². The molecule has 0 fully saturated rings. The Morgan fingerprint density at radius 1 is 1.36 bits per heavy atom. The number of para-hydroxylation sites is 2. The van der Waals surface area contributed by atoms with Crippen molar-refractivity contribution in [3.63, 3.8) is 0 Å². The number of anilines is 1. The van der Waals surface area contributed by atoms with E-state index in [2.05, 4.69) is 0 Å². The van der Waals surface area contributed by atoms with Gasteiger partial charge in [-0.2, -0.15) is 0 Å². The highest BCUT2D eigenvalue weighted by atomic mass is 16.5. The zero-order valence-electron chi connectivity index (χ0n) is 12.5.